The Bertz CT molecular complexity index is 1120. The van der Waals surface area contributed by atoms with Crippen LogP contribution in [-0.2, 0) is 28.9 Å². The molecule has 33 heavy (non-hydrogen) atoms. The molecule has 0 aromatic heterocycles. The van der Waals surface area contributed by atoms with Crippen LogP contribution in [-0.4, -0.2) is 32.4 Å². The van der Waals surface area contributed by atoms with Crippen molar-refractivity contribution in [2.75, 3.05) is 13.1 Å². The van der Waals surface area contributed by atoms with Crippen LogP contribution < -0.4 is 4.72 Å². The summed E-state index contributed by atoms with van der Waals surface area (Å²) >= 11 is 0. The van der Waals surface area contributed by atoms with Gasteiger partial charge in [-0.15, -0.1) is 0 Å². The van der Waals surface area contributed by atoms with Gasteiger partial charge in [-0.25, -0.2) is 13.1 Å². The van der Waals surface area contributed by atoms with Gasteiger partial charge in [0.2, 0.25) is 10.0 Å². The molecule has 1 aliphatic carbocycles. The van der Waals surface area contributed by atoms with E-state index < -0.39 is 44.4 Å². The second kappa shape index (κ2) is 8.59. The summed E-state index contributed by atoms with van der Waals surface area (Å²) in [7, 11) is -4.16. The highest BCUT2D eigenvalue weighted by atomic mass is 32.2. The van der Waals surface area contributed by atoms with Crippen molar-refractivity contribution in [1.82, 2.24) is 9.62 Å². The zero-order valence-corrected chi connectivity index (χ0v) is 18.1. The van der Waals surface area contributed by atoms with Gasteiger partial charge in [0.25, 0.3) is 0 Å². The summed E-state index contributed by atoms with van der Waals surface area (Å²) in [5.41, 5.74) is -1.24. The predicted molar refractivity (Wildman–Crippen MR) is 108 cm³/mol. The average Bonchev–Trinajstić information content (AvgIpc) is 3.28. The molecule has 4 rings (SSSR count). The monoisotopic (exact) mass is 492 g/mol. The summed E-state index contributed by atoms with van der Waals surface area (Å²) in [4.78, 5) is 1.55. The molecule has 1 saturated heterocycles. The molecule has 0 unspecified atom stereocenters. The average molecular weight is 492 g/mol. The maximum Gasteiger partial charge on any atom is 0.416 e. The minimum absolute atomic E-state index is 0.0589. The van der Waals surface area contributed by atoms with Crippen molar-refractivity contribution in [2.24, 2.45) is 11.8 Å². The fourth-order valence-corrected chi connectivity index (χ4v) is 6.21. The summed E-state index contributed by atoms with van der Waals surface area (Å²) in [5.74, 6) is 0.112. The van der Waals surface area contributed by atoms with Crippen LogP contribution >= 0.6 is 0 Å². The number of nitrogens with zero attached hydrogens (tertiary/aromatic N) is 1. The Morgan fingerprint density at radius 3 is 2.18 bits per heavy atom. The highest BCUT2D eigenvalue weighted by molar-refractivity contribution is 7.89. The van der Waals surface area contributed by atoms with E-state index in [1.165, 1.54) is 6.07 Å². The summed E-state index contributed by atoms with van der Waals surface area (Å²) < 4.78 is 106. The number of hydrogen-bond acceptors (Lipinski definition) is 3. The van der Waals surface area contributed by atoms with Crippen molar-refractivity contribution >= 4 is 10.0 Å². The van der Waals surface area contributed by atoms with Gasteiger partial charge in [0, 0.05) is 25.7 Å². The molecular formula is C22H22F6N2O2S. The summed E-state index contributed by atoms with van der Waals surface area (Å²) in [6.45, 7) is 1.43. The molecule has 1 aliphatic heterocycles. The number of benzene rings is 2. The molecule has 3 atom stereocenters. The maximum absolute atomic E-state index is 13.0. The van der Waals surface area contributed by atoms with Crippen molar-refractivity contribution < 1.29 is 34.8 Å². The number of sulfonamides is 1. The second-order valence-electron chi connectivity index (χ2n) is 8.65. The molecule has 2 aromatic carbocycles. The first-order chi connectivity index (χ1) is 15.3. The van der Waals surface area contributed by atoms with Crippen LogP contribution in [0.3, 0.4) is 0 Å². The lowest BCUT2D eigenvalue weighted by Crippen LogP contribution is -2.39. The van der Waals surface area contributed by atoms with Gasteiger partial charge >= 0.3 is 12.4 Å². The lowest BCUT2D eigenvalue weighted by atomic mass is 9.98. The molecule has 1 saturated carbocycles. The Morgan fingerprint density at radius 2 is 1.52 bits per heavy atom. The molecule has 1 heterocycles. The smallest absolute Gasteiger partial charge is 0.298 e. The predicted octanol–water partition coefficient (Wildman–Crippen LogP) is 4.91. The number of hydrogen-bond donors (Lipinski definition) is 1. The SMILES string of the molecule is O=S(=O)(N[C@@H]1CC[C@@H]2CN(Cc3cccc(C(F)(F)F)c3)C[C@@H]21)c1cccc(C(F)(F)F)c1. The minimum atomic E-state index is -4.65. The van der Waals surface area contributed by atoms with E-state index in [9.17, 15) is 34.8 Å². The number of alkyl halides is 6. The highest BCUT2D eigenvalue weighted by Crippen LogP contribution is 2.40. The van der Waals surface area contributed by atoms with E-state index in [4.69, 9.17) is 0 Å². The van der Waals surface area contributed by atoms with Crippen molar-refractivity contribution in [2.45, 2.75) is 42.7 Å². The van der Waals surface area contributed by atoms with Crippen molar-refractivity contribution in [3.8, 4) is 0 Å². The van der Waals surface area contributed by atoms with E-state index in [2.05, 4.69) is 4.72 Å². The second-order valence-corrected chi connectivity index (χ2v) is 10.4. The van der Waals surface area contributed by atoms with Gasteiger partial charge in [0.05, 0.1) is 16.0 Å². The Morgan fingerprint density at radius 1 is 0.879 bits per heavy atom. The van der Waals surface area contributed by atoms with Gasteiger partial charge in [-0.3, -0.25) is 4.90 Å². The van der Waals surface area contributed by atoms with Crippen LogP contribution in [0.15, 0.2) is 53.4 Å². The van der Waals surface area contributed by atoms with Gasteiger partial charge in [-0.1, -0.05) is 24.3 Å². The summed E-state index contributed by atoms with van der Waals surface area (Å²) in [5, 5.41) is 0. The highest BCUT2D eigenvalue weighted by Gasteiger charge is 2.44. The topological polar surface area (TPSA) is 49.4 Å². The van der Waals surface area contributed by atoms with Gasteiger partial charge in [0.15, 0.2) is 0 Å². The van der Waals surface area contributed by atoms with Crippen LogP contribution in [0.2, 0.25) is 0 Å². The molecule has 1 N–H and O–H groups in total. The Balaban J connectivity index is 1.43. The number of rotatable bonds is 5. The Labute approximate surface area is 187 Å². The molecule has 0 amide bonds. The molecule has 180 valence electrons. The molecule has 11 heteroatoms. The number of halogens is 6. The quantitative estimate of drug-likeness (QED) is 0.604. The van der Waals surface area contributed by atoms with Gasteiger partial charge in [-0.2, -0.15) is 26.3 Å². The Hall–Kier alpha value is -2.11. The summed E-state index contributed by atoms with van der Waals surface area (Å²) in [6, 6.07) is 8.28. The summed E-state index contributed by atoms with van der Waals surface area (Å²) in [6.07, 6.45) is -7.78. The normalized spacial score (nSPS) is 24.2. The molecule has 0 radical (unpaired) electrons. The first-order valence-electron chi connectivity index (χ1n) is 10.4. The molecule has 2 fully saturated rings. The van der Waals surface area contributed by atoms with Crippen LogP contribution in [0, 0.1) is 11.8 Å². The zero-order chi connectivity index (χ0) is 24.0. The van der Waals surface area contributed by atoms with Crippen LogP contribution in [0.25, 0.3) is 0 Å². The standard InChI is InChI=1S/C22H22F6N2O2S/c23-21(24,25)16-4-1-3-14(9-16)11-30-12-15-7-8-20(19(15)13-30)29-33(31,32)18-6-2-5-17(10-18)22(26,27)28/h1-6,9-10,15,19-20,29H,7-8,11-13H2/t15-,19+,20-/m1/s1. The van der Waals surface area contributed by atoms with Crippen LogP contribution in [0.5, 0.6) is 0 Å². The molecule has 0 bridgehead atoms. The van der Waals surface area contributed by atoms with E-state index in [1.54, 1.807) is 6.07 Å². The molecular weight excluding hydrogens is 470 g/mol. The minimum Gasteiger partial charge on any atom is -0.298 e. The lowest BCUT2D eigenvalue weighted by molar-refractivity contribution is -0.138. The zero-order valence-electron chi connectivity index (χ0n) is 17.3. The number of likely N-dealkylation sites (tertiary alicyclic amines) is 1. The third-order valence-electron chi connectivity index (χ3n) is 6.37. The number of nitrogens with one attached hydrogen (secondary N) is 1. The molecule has 2 aliphatic rings. The third-order valence-corrected chi connectivity index (χ3v) is 7.86. The maximum atomic E-state index is 13.0. The number of fused-ring (bicyclic) bond motifs is 1. The van der Waals surface area contributed by atoms with E-state index in [0.717, 1.165) is 36.8 Å². The molecule has 4 nitrogen and oxygen atoms in total. The van der Waals surface area contributed by atoms with Gasteiger partial charge in [0.1, 0.15) is 0 Å². The van der Waals surface area contributed by atoms with E-state index in [0.29, 0.717) is 37.7 Å². The van der Waals surface area contributed by atoms with E-state index in [-0.39, 0.29) is 11.8 Å². The van der Waals surface area contributed by atoms with E-state index >= 15 is 0 Å². The van der Waals surface area contributed by atoms with Gasteiger partial charge < -0.3 is 0 Å². The fourth-order valence-electron chi connectivity index (χ4n) is 4.84. The first-order valence-corrected chi connectivity index (χ1v) is 11.9. The van der Waals surface area contributed by atoms with Crippen molar-refractivity contribution in [1.29, 1.82) is 0 Å². The molecule has 0 spiro atoms. The Kier molecular flexibility index (Phi) is 6.25. The third kappa shape index (κ3) is 5.36. The largest absolute Gasteiger partial charge is 0.416 e. The fraction of sp³-hybridized carbons (Fsp3) is 0.455. The van der Waals surface area contributed by atoms with Crippen LogP contribution in [0.4, 0.5) is 26.3 Å². The first kappa shape index (κ1) is 24.0. The van der Waals surface area contributed by atoms with E-state index in [1.807, 2.05) is 4.90 Å². The lowest BCUT2D eigenvalue weighted by Gasteiger charge is -2.22. The molecule has 2 aromatic rings. The van der Waals surface area contributed by atoms with Crippen molar-refractivity contribution in [3.63, 3.8) is 0 Å². The van der Waals surface area contributed by atoms with Crippen molar-refractivity contribution in [3.05, 3.63) is 65.2 Å². The van der Waals surface area contributed by atoms with Gasteiger partial charge in [-0.05, 0) is 54.5 Å². The van der Waals surface area contributed by atoms with Crippen LogP contribution in [0.1, 0.15) is 29.5 Å².